The molecule has 19 heteroatoms. The number of H-pyrrole nitrogens is 1. The van der Waals surface area contributed by atoms with E-state index in [-0.39, 0.29) is 22.2 Å². The van der Waals surface area contributed by atoms with Gasteiger partial charge in [-0.25, -0.2) is 14.6 Å². The smallest absolute Gasteiger partial charge is 0.353 e. The zero-order chi connectivity index (χ0) is 25.8. The maximum absolute atomic E-state index is 12.9. The van der Waals surface area contributed by atoms with E-state index in [0.717, 1.165) is 16.2 Å². The summed E-state index contributed by atoms with van der Waals surface area (Å²) in [5, 5.41) is 36.7. The van der Waals surface area contributed by atoms with Crippen molar-refractivity contribution in [2.24, 2.45) is 5.16 Å². The number of amides is 2. The van der Waals surface area contributed by atoms with Crippen LogP contribution in [0.5, 0.6) is 0 Å². The second-order valence-corrected chi connectivity index (χ2v) is 11.3. The number of aromatic nitrogens is 4. The first-order valence-electron chi connectivity index (χ1n) is 9.72. The maximum atomic E-state index is 12.9. The normalized spacial score (nSPS) is 19.5. The van der Waals surface area contributed by atoms with Gasteiger partial charge in [-0.15, -0.1) is 40.0 Å². The number of oxime groups is 1. The van der Waals surface area contributed by atoms with Crippen LogP contribution in [0.3, 0.4) is 0 Å². The predicted molar refractivity (Wildman–Crippen MR) is 131 cm³/mol. The summed E-state index contributed by atoms with van der Waals surface area (Å²) < 4.78 is 0. The summed E-state index contributed by atoms with van der Waals surface area (Å²) in [6.07, 6.45) is 1.54. The Labute approximate surface area is 218 Å². The molecule has 2 atom stereocenters. The summed E-state index contributed by atoms with van der Waals surface area (Å²) in [5.41, 5.74) is 5.14. The van der Waals surface area contributed by atoms with Crippen molar-refractivity contribution in [1.29, 1.82) is 0 Å². The minimum Gasteiger partial charge on any atom is -0.479 e. The Morgan fingerprint density at radius 1 is 1.36 bits per heavy atom. The van der Waals surface area contributed by atoms with Crippen LogP contribution in [0.1, 0.15) is 5.69 Å². The lowest BCUT2D eigenvalue weighted by Gasteiger charge is -2.49. The summed E-state index contributed by atoms with van der Waals surface area (Å²) >= 11 is 4.97. The van der Waals surface area contributed by atoms with Crippen molar-refractivity contribution in [3.05, 3.63) is 27.9 Å². The van der Waals surface area contributed by atoms with E-state index in [4.69, 9.17) is 10.8 Å². The van der Waals surface area contributed by atoms with Crippen molar-refractivity contribution in [2.45, 2.75) is 16.4 Å². The number of hydrogen-bond donors (Lipinski definition) is 5. The molecular weight excluding hydrogens is 557 g/mol. The van der Waals surface area contributed by atoms with E-state index < -0.39 is 41.8 Å². The molecule has 6 N–H and O–H groups in total. The molecule has 4 rings (SSSR count). The van der Waals surface area contributed by atoms with Crippen molar-refractivity contribution in [3.8, 4) is 0 Å². The standard InChI is InChI=1S/C17H16N8O7S4/c18-17-20-6(3-34-17)10(23-32-2-9(26)27)13(28)21-11-14(29)25-12(16(30)31)7(4-33-15(11)25)35-5-36-8-1-19-24-22-8/h1,3,11,15H,2,4-5H2,(H2,18,20)(H,21,28)(H,26,27)(H,30,31)(H,19,22,24)/b23-10-/t11-,15+/m1/s1. The van der Waals surface area contributed by atoms with Crippen molar-refractivity contribution in [1.82, 2.24) is 30.6 Å². The molecule has 0 bridgehead atoms. The fourth-order valence-electron chi connectivity index (χ4n) is 3.09. The zero-order valence-corrected chi connectivity index (χ0v) is 21.1. The number of β-lactam (4-membered cyclic amide) rings is 1. The van der Waals surface area contributed by atoms with E-state index in [1.165, 1.54) is 40.7 Å². The van der Waals surface area contributed by atoms with E-state index in [9.17, 15) is 24.3 Å². The molecule has 190 valence electrons. The molecule has 0 radical (unpaired) electrons. The van der Waals surface area contributed by atoms with Gasteiger partial charge in [0.25, 0.3) is 11.8 Å². The SMILES string of the molecule is Nc1nc(/C(=N/OCC(=O)O)C(=O)N[C@@H]2C(=O)N3C(C(=O)O)=C(SCSc4cn[nH]n4)CS[C@@H]23)cs1. The van der Waals surface area contributed by atoms with Crippen molar-refractivity contribution < 1.29 is 34.2 Å². The Morgan fingerprint density at radius 3 is 2.81 bits per heavy atom. The van der Waals surface area contributed by atoms with Crippen LogP contribution in [0.15, 0.2) is 32.4 Å². The minimum atomic E-state index is -1.30. The number of anilines is 1. The number of rotatable bonds is 11. The third kappa shape index (κ3) is 5.58. The number of nitrogens with zero attached hydrogens (tertiary/aromatic N) is 5. The van der Waals surface area contributed by atoms with Crippen molar-refractivity contribution in [3.63, 3.8) is 0 Å². The summed E-state index contributed by atoms with van der Waals surface area (Å²) in [6.45, 7) is -0.798. The van der Waals surface area contributed by atoms with Crippen LogP contribution in [0.25, 0.3) is 0 Å². The first kappa shape index (κ1) is 25.8. The molecule has 0 saturated carbocycles. The van der Waals surface area contributed by atoms with E-state index in [0.29, 0.717) is 20.8 Å². The molecule has 0 spiro atoms. The zero-order valence-electron chi connectivity index (χ0n) is 17.8. The number of carbonyl (C=O) groups excluding carboxylic acids is 2. The molecule has 0 unspecified atom stereocenters. The van der Waals surface area contributed by atoms with Crippen molar-refractivity contribution in [2.75, 3.05) is 23.2 Å². The Morgan fingerprint density at radius 2 is 2.17 bits per heavy atom. The summed E-state index contributed by atoms with van der Waals surface area (Å²) in [6, 6.07) is -1.03. The van der Waals surface area contributed by atoms with Crippen LogP contribution in [0.2, 0.25) is 0 Å². The van der Waals surface area contributed by atoms with E-state index in [2.05, 4.69) is 35.7 Å². The largest absolute Gasteiger partial charge is 0.479 e. The van der Waals surface area contributed by atoms with Crippen LogP contribution in [-0.2, 0) is 24.0 Å². The van der Waals surface area contributed by atoms with E-state index in [1.54, 1.807) is 6.20 Å². The van der Waals surface area contributed by atoms with Gasteiger partial charge in [-0.05, 0) is 0 Å². The average molecular weight is 573 g/mol. The van der Waals surface area contributed by atoms with Gasteiger partial charge in [0, 0.05) is 16.0 Å². The number of fused-ring (bicyclic) bond motifs is 1. The van der Waals surface area contributed by atoms with Gasteiger partial charge < -0.3 is 26.1 Å². The highest BCUT2D eigenvalue weighted by atomic mass is 32.2. The van der Waals surface area contributed by atoms with Crippen LogP contribution in [0, 0.1) is 0 Å². The summed E-state index contributed by atoms with van der Waals surface area (Å²) in [4.78, 5) is 58.8. The Hall–Kier alpha value is -3.29. The number of thioether (sulfide) groups is 3. The highest BCUT2D eigenvalue weighted by Gasteiger charge is 2.54. The van der Waals surface area contributed by atoms with Gasteiger partial charge in [0.2, 0.25) is 6.61 Å². The van der Waals surface area contributed by atoms with Gasteiger partial charge in [-0.3, -0.25) is 14.5 Å². The Balaban J connectivity index is 1.46. The number of nitrogens with one attached hydrogen (secondary N) is 2. The fourth-order valence-corrected chi connectivity index (χ4v) is 7.21. The van der Waals surface area contributed by atoms with Gasteiger partial charge >= 0.3 is 11.9 Å². The highest BCUT2D eigenvalue weighted by molar-refractivity contribution is 8.18. The molecular formula is C17H16N8O7S4. The van der Waals surface area contributed by atoms with Crippen LogP contribution < -0.4 is 11.1 Å². The van der Waals surface area contributed by atoms with Crippen molar-refractivity contribution >= 4 is 81.2 Å². The predicted octanol–water partition coefficient (Wildman–Crippen LogP) is -0.172. The monoisotopic (exact) mass is 572 g/mol. The van der Waals surface area contributed by atoms with Gasteiger partial charge in [0.1, 0.15) is 27.8 Å². The van der Waals surface area contributed by atoms with Crippen LogP contribution in [-0.4, -0.2) is 93.8 Å². The number of nitrogens with two attached hydrogens (primary N) is 1. The molecule has 0 aromatic carbocycles. The number of thiazole rings is 1. The topological polar surface area (TPSA) is 226 Å². The number of hydrogen-bond acceptors (Lipinski definition) is 14. The quantitative estimate of drug-likeness (QED) is 0.0774. The second-order valence-electron chi connectivity index (χ2n) is 6.83. The molecule has 1 saturated heterocycles. The number of nitrogen functional groups attached to an aromatic ring is 1. The lowest BCUT2D eigenvalue weighted by atomic mass is 10.0. The number of carboxylic acid groups (broad SMARTS) is 2. The highest BCUT2D eigenvalue weighted by Crippen LogP contribution is 2.44. The summed E-state index contributed by atoms with van der Waals surface area (Å²) in [7, 11) is 0. The van der Waals surface area contributed by atoms with E-state index >= 15 is 0 Å². The molecule has 2 aliphatic heterocycles. The molecule has 15 nitrogen and oxygen atoms in total. The maximum Gasteiger partial charge on any atom is 0.353 e. The molecule has 1 fully saturated rings. The van der Waals surface area contributed by atoms with Gasteiger partial charge in [-0.1, -0.05) is 16.9 Å². The van der Waals surface area contributed by atoms with Crippen LogP contribution >= 0.6 is 46.6 Å². The van der Waals surface area contributed by atoms with Crippen LogP contribution in [0.4, 0.5) is 5.13 Å². The van der Waals surface area contributed by atoms with E-state index in [1.807, 2.05) is 0 Å². The third-order valence-corrected chi connectivity index (χ3v) is 8.84. The Kier molecular flexibility index (Phi) is 8.01. The minimum absolute atomic E-state index is 0.0368. The number of carboxylic acids is 2. The van der Waals surface area contributed by atoms with Gasteiger partial charge in [-0.2, -0.15) is 10.3 Å². The number of aromatic amines is 1. The first-order valence-corrected chi connectivity index (χ1v) is 13.6. The lowest BCUT2D eigenvalue weighted by molar-refractivity contribution is -0.150. The lowest BCUT2D eigenvalue weighted by Crippen LogP contribution is -2.71. The summed E-state index contributed by atoms with van der Waals surface area (Å²) in [5.74, 6) is -3.70. The van der Waals surface area contributed by atoms with Gasteiger partial charge in [0.05, 0.1) is 11.3 Å². The Bertz CT molecular complexity index is 1250. The average Bonchev–Trinajstić information content (AvgIpc) is 3.51. The molecule has 0 aliphatic carbocycles. The molecule has 2 aromatic rings. The fraction of sp³-hybridized carbons (Fsp3) is 0.294. The molecule has 2 aromatic heterocycles. The molecule has 2 amide bonds. The molecule has 4 heterocycles. The first-order chi connectivity index (χ1) is 17.3. The second kappa shape index (κ2) is 11.2. The third-order valence-electron chi connectivity index (χ3n) is 4.58. The number of aliphatic carboxylic acids is 2. The molecule has 36 heavy (non-hydrogen) atoms. The number of carbonyl (C=O) groups is 4. The molecule has 2 aliphatic rings. The van der Waals surface area contributed by atoms with Gasteiger partial charge in [0.15, 0.2) is 10.8 Å².